The average Bonchev–Trinajstić information content (AvgIpc) is 3.21. The Morgan fingerprint density at radius 2 is 1.93 bits per heavy atom. The summed E-state index contributed by atoms with van der Waals surface area (Å²) >= 11 is 0. The van der Waals surface area contributed by atoms with Gasteiger partial charge in [-0.15, -0.1) is 0 Å². The van der Waals surface area contributed by atoms with Crippen LogP contribution in [0.15, 0.2) is 47.5 Å². The topological polar surface area (TPSA) is 82.6 Å². The number of anilines is 1. The van der Waals surface area contributed by atoms with E-state index in [4.69, 9.17) is 0 Å². The van der Waals surface area contributed by atoms with E-state index in [-0.39, 0.29) is 17.3 Å². The second-order valence-electron chi connectivity index (χ2n) is 6.66. The Kier molecular flexibility index (Phi) is 5.76. The van der Waals surface area contributed by atoms with Crippen molar-refractivity contribution in [2.75, 3.05) is 32.1 Å². The Morgan fingerprint density at radius 1 is 1.19 bits per heavy atom. The van der Waals surface area contributed by atoms with Gasteiger partial charge in [0.25, 0.3) is 5.91 Å². The van der Waals surface area contributed by atoms with E-state index in [2.05, 4.69) is 15.2 Å². The highest BCUT2D eigenvalue weighted by Crippen LogP contribution is 2.28. The summed E-state index contributed by atoms with van der Waals surface area (Å²) in [5.41, 5.74) is 1.88. The summed E-state index contributed by atoms with van der Waals surface area (Å²) < 4.78 is 26.1. The number of rotatable bonds is 6. The van der Waals surface area contributed by atoms with Crippen molar-refractivity contribution >= 4 is 21.6 Å². The van der Waals surface area contributed by atoms with Gasteiger partial charge in [0.1, 0.15) is 0 Å². The summed E-state index contributed by atoms with van der Waals surface area (Å²) in [7, 11) is -0.664. The minimum atomic E-state index is -3.62. The fourth-order valence-electron chi connectivity index (χ4n) is 3.07. The van der Waals surface area contributed by atoms with Crippen molar-refractivity contribution < 1.29 is 13.2 Å². The van der Waals surface area contributed by atoms with Crippen LogP contribution in [0.5, 0.6) is 0 Å². The molecule has 144 valence electrons. The molecule has 1 aliphatic heterocycles. The van der Waals surface area contributed by atoms with Gasteiger partial charge in [0.2, 0.25) is 10.0 Å². The number of aromatic nitrogens is 1. The molecule has 1 aromatic carbocycles. The van der Waals surface area contributed by atoms with Crippen molar-refractivity contribution in [2.45, 2.75) is 24.3 Å². The fourth-order valence-corrected chi connectivity index (χ4v) is 4.00. The van der Waals surface area contributed by atoms with Crippen LogP contribution in [0, 0.1) is 0 Å². The van der Waals surface area contributed by atoms with E-state index >= 15 is 0 Å². The molecular weight excluding hydrogens is 364 g/mol. The predicted molar refractivity (Wildman–Crippen MR) is 104 cm³/mol. The fraction of sp³-hybridized carbons (Fsp3) is 0.368. The molecule has 7 nitrogen and oxygen atoms in total. The predicted octanol–water partition coefficient (Wildman–Crippen LogP) is 1.86. The summed E-state index contributed by atoms with van der Waals surface area (Å²) in [6, 6.07) is 10.3. The second kappa shape index (κ2) is 8.06. The Balaban J connectivity index is 1.92. The monoisotopic (exact) mass is 388 g/mol. The van der Waals surface area contributed by atoms with Crippen LogP contribution in [-0.2, 0) is 16.6 Å². The molecule has 1 aromatic heterocycles. The minimum Gasteiger partial charge on any atom is -0.371 e. The lowest BCUT2D eigenvalue weighted by atomic mass is 10.1. The zero-order chi connectivity index (χ0) is 19.4. The molecule has 0 atom stereocenters. The lowest BCUT2D eigenvalue weighted by Gasteiger charge is -2.22. The van der Waals surface area contributed by atoms with Crippen LogP contribution in [0.25, 0.3) is 0 Å². The number of hydrogen-bond acceptors (Lipinski definition) is 5. The summed E-state index contributed by atoms with van der Waals surface area (Å²) in [5, 5.41) is 2.85. The van der Waals surface area contributed by atoms with Gasteiger partial charge in [-0.25, -0.2) is 12.7 Å². The summed E-state index contributed by atoms with van der Waals surface area (Å²) in [6.07, 6.45) is 3.79. The normalized spacial score (nSPS) is 14.6. The highest BCUT2D eigenvalue weighted by Gasteiger charge is 2.24. The standard InChI is InChI=1S/C19H24N4O3S/c1-22(2)27(25,26)16-8-9-18(23-11-5-6-12-23)17(13-16)19(24)21-14-15-7-3-4-10-20-15/h3-4,7-10,13H,5-6,11-12,14H2,1-2H3,(H,21,24). The number of amides is 1. The number of nitrogens with zero attached hydrogens (tertiary/aromatic N) is 3. The molecule has 1 saturated heterocycles. The maximum atomic E-state index is 12.9. The van der Waals surface area contributed by atoms with E-state index in [1.165, 1.54) is 20.2 Å². The van der Waals surface area contributed by atoms with Crippen LogP contribution < -0.4 is 10.2 Å². The van der Waals surface area contributed by atoms with Gasteiger partial charge >= 0.3 is 0 Å². The van der Waals surface area contributed by atoms with Gasteiger partial charge in [-0.2, -0.15) is 0 Å². The number of benzene rings is 1. The van der Waals surface area contributed by atoms with Crippen LogP contribution in [0.4, 0.5) is 5.69 Å². The Labute approximate surface area is 160 Å². The Bertz CT molecular complexity index is 908. The Hall–Kier alpha value is -2.45. The zero-order valence-corrected chi connectivity index (χ0v) is 16.4. The average molecular weight is 388 g/mol. The maximum absolute atomic E-state index is 12.9. The first kappa shape index (κ1) is 19.3. The van der Waals surface area contributed by atoms with Gasteiger partial charge < -0.3 is 10.2 Å². The number of nitrogens with one attached hydrogen (secondary N) is 1. The van der Waals surface area contributed by atoms with Crippen LogP contribution >= 0.6 is 0 Å². The van der Waals surface area contributed by atoms with E-state index < -0.39 is 10.0 Å². The molecule has 0 unspecified atom stereocenters. The van der Waals surface area contributed by atoms with Gasteiger partial charge in [-0.3, -0.25) is 9.78 Å². The first-order valence-corrected chi connectivity index (χ1v) is 10.3. The lowest BCUT2D eigenvalue weighted by Crippen LogP contribution is -2.28. The Morgan fingerprint density at radius 3 is 2.56 bits per heavy atom. The summed E-state index contributed by atoms with van der Waals surface area (Å²) in [4.78, 5) is 19.3. The quantitative estimate of drug-likeness (QED) is 0.817. The van der Waals surface area contributed by atoms with E-state index in [0.29, 0.717) is 5.56 Å². The highest BCUT2D eigenvalue weighted by atomic mass is 32.2. The van der Waals surface area contributed by atoms with E-state index in [9.17, 15) is 13.2 Å². The van der Waals surface area contributed by atoms with Crippen molar-refractivity contribution in [3.05, 3.63) is 53.9 Å². The molecule has 1 fully saturated rings. The molecule has 1 N–H and O–H groups in total. The van der Waals surface area contributed by atoms with E-state index in [0.717, 1.165) is 41.6 Å². The number of hydrogen-bond donors (Lipinski definition) is 1. The van der Waals surface area contributed by atoms with Crippen molar-refractivity contribution in [2.24, 2.45) is 0 Å². The van der Waals surface area contributed by atoms with Crippen LogP contribution in [0.2, 0.25) is 0 Å². The molecular formula is C19H24N4O3S. The maximum Gasteiger partial charge on any atom is 0.253 e. The van der Waals surface area contributed by atoms with Gasteiger partial charge in [0.05, 0.1) is 22.7 Å². The molecule has 0 aliphatic carbocycles. The summed E-state index contributed by atoms with van der Waals surface area (Å²) in [5.74, 6) is -0.307. The lowest BCUT2D eigenvalue weighted by molar-refractivity contribution is 0.0950. The molecule has 2 heterocycles. The van der Waals surface area contributed by atoms with E-state index in [1.807, 2.05) is 18.2 Å². The number of carbonyl (C=O) groups is 1. The van der Waals surface area contributed by atoms with Gasteiger partial charge in [0.15, 0.2) is 0 Å². The first-order valence-electron chi connectivity index (χ1n) is 8.89. The molecule has 0 bridgehead atoms. The number of pyridine rings is 1. The van der Waals surface area contributed by atoms with Crippen molar-refractivity contribution in [3.8, 4) is 0 Å². The number of carbonyl (C=O) groups excluding carboxylic acids is 1. The molecule has 8 heteroatoms. The third kappa shape index (κ3) is 4.28. The van der Waals surface area contributed by atoms with Crippen LogP contribution in [-0.4, -0.2) is 50.8 Å². The molecule has 1 aliphatic rings. The van der Waals surface area contributed by atoms with Gasteiger partial charge in [-0.05, 0) is 43.2 Å². The molecule has 27 heavy (non-hydrogen) atoms. The highest BCUT2D eigenvalue weighted by molar-refractivity contribution is 7.89. The first-order chi connectivity index (χ1) is 12.9. The SMILES string of the molecule is CN(C)S(=O)(=O)c1ccc(N2CCCC2)c(C(=O)NCc2ccccn2)c1. The third-order valence-electron chi connectivity index (χ3n) is 4.59. The van der Waals surface area contributed by atoms with Crippen molar-refractivity contribution in [1.29, 1.82) is 0 Å². The zero-order valence-electron chi connectivity index (χ0n) is 15.6. The molecule has 0 spiro atoms. The smallest absolute Gasteiger partial charge is 0.253 e. The molecule has 2 aromatic rings. The van der Waals surface area contributed by atoms with Crippen LogP contribution in [0.3, 0.4) is 0 Å². The van der Waals surface area contributed by atoms with Gasteiger partial charge in [-0.1, -0.05) is 6.07 Å². The van der Waals surface area contributed by atoms with Crippen molar-refractivity contribution in [1.82, 2.24) is 14.6 Å². The van der Waals surface area contributed by atoms with Crippen LogP contribution in [0.1, 0.15) is 28.9 Å². The van der Waals surface area contributed by atoms with E-state index in [1.54, 1.807) is 18.3 Å². The van der Waals surface area contributed by atoms with Gasteiger partial charge in [0, 0.05) is 39.1 Å². The summed E-state index contributed by atoms with van der Waals surface area (Å²) in [6.45, 7) is 2.00. The molecule has 0 saturated carbocycles. The minimum absolute atomic E-state index is 0.110. The largest absolute Gasteiger partial charge is 0.371 e. The molecule has 0 radical (unpaired) electrons. The second-order valence-corrected chi connectivity index (χ2v) is 8.82. The molecule has 3 rings (SSSR count). The third-order valence-corrected chi connectivity index (χ3v) is 6.41. The molecule has 1 amide bonds. The van der Waals surface area contributed by atoms with Crippen molar-refractivity contribution in [3.63, 3.8) is 0 Å². The number of sulfonamides is 1.